The van der Waals surface area contributed by atoms with Gasteiger partial charge in [-0.2, -0.15) is 0 Å². The van der Waals surface area contributed by atoms with E-state index in [0.29, 0.717) is 0 Å². The van der Waals surface area contributed by atoms with Crippen molar-refractivity contribution in [1.29, 1.82) is 0 Å². The van der Waals surface area contributed by atoms with Crippen LogP contribution in [0, 0.1) is 0 Å². The number of rotatable bonds is 3. The standard InChI is InChI=1S/C11H12N2O.ClH/c1-12-6-9-4-2-3-5-10(9)11-7-13-8-14-11;/h2-5,7-8,12H,6H2,1H3;1H. The fraction of sp³-hybridized carbons (Fsp3) is 0.182. The highest BCUT2D eigenvalue weighted by Crippen LogP contribution is 2.22. The highest BCUT2D eigenvalue weighted by molar-refractivity contribution is 5.85. The molecule has 1 heterocycles. The van der Waals surface area contributed by atoms with Gasteiger partial charge in [0, 0.05) is 12.1 Å². The van der Waals surface area contributed by atoms with E-state index < -0.39 is 0 Å². The first-order chi connectivity index (χ1) is 6.92. The Morgan fingerprint density at radius 2 is 2.13 bits per heavy atom. The van der Waals surface area contributed by atoms with Gasteiger partial charge in [-0.15, -0.1) is 12.4 Å². The Balaban J connectivity index is 0.00000112. The third-order valence-corrected chi connectivity index (χ3v) is 2.08. The van der Waals surface area contributed by atoms with Crippen molar-refractivity contribution in [2.45, 2.75) is 6.54 Å². The van der Waals surface area contributed by atoms with Gasteiger partial charge in [0.05, 0.1) is 6.20 Å². The lowest BCUT2D eigenvalue weighted by Gasteiger charge is -2.05. The molecule has 2 rings (SSSR count). The van der Waals surface area contributed by atoms with E-state index in [1.165, 1.54) is 12.0 Å². The van der Waals surface area contributed by atoms with Crippen LogP contribution in [0.5, 0.6) is 0 Å². The van der Waals surface area contributed by atoms with Crippen LogP contribution in [0.15, 0.2) is 41.3 Å². The lowest BCUT2D eigenvalue weighted by molar-refractivity contribution is 0.571. The van der Waals surface area contributed by atoms with E-state index in [-0.39, 0.29) is 12.4 Å². The highest BCUT2D eigenvalue weighted by Gasteiger charge is 2.05. The van der Waals surface area contributed by atoms with Crippen molar-refractivity contribution in [3.05, 3.63) is 42.4 Å². The predicted octanol–water partition coefficient (Wildman–Crippen LogP) is 2.48. The van der Waals surface area contributed by atoms with E-state index in [1.54, 1.807) is 6.20 Å². The monoisotopic (exact) mass is 224 g/mol. The summed E-state index contributed by atoms with van der Waals surface area (Å²) in [6.07, 6.45) is 3.18. The van der Waals surface area contributed by atoms with E-state index in [4.69, 9.17) is 4.42 Å². The molecule has 2 aromatic rings. The Morgan fingerprint density at radius 1 is 1.33 bits per heavy atom. The minimum atomic E-state index is 0. The number of oxazole rings is 1. The van der Waals surface area contributed by atoms with E-state index >= 15 is 0 Å². The molecule has 0 spiro atoms. The van der Waals surface area contributed by atoms with Crippen LogP contribution in [0.3, 0.4) is 0 Å². The summed E-state index contributed by atoms with van der Waals surface area (Å²) in [6, 6.07) is 8.13. The number of nitrogens with zero attached hydrogens (tertiary/aromatic N) is 1. The Kier molecular flexibility index (Phi) is 4.34. The Bertz CT molecular complexity index is 401. The van der Waals surface area contributed by atoms with Gasteiger partial charge in [-0.25, -0.2) is 4.98 Å². The van der Waals surface area contributed by atoms with Crippen molar-refractivity contribution in [3.8, 4) is 11.3 Å². The van der Waals surface area contributed by atoms with Crippen molar-refractivity contribution < 1.29 is 4.42 Å². The van der Waals surface area contributed by atoms with Crippen molar-refractivity contribution in [2.24, 2.45) is 0 Å². The molecule has 3 nitrogen and oxygen atoms in total. The summed E-state index contributed by atoms with van der Waals surface area (Å²) in [6.45, 7) is 0.830. The zero-order valence-electron chi connectivity index (χ0n) is 8.43. The van der Waals surface area contributed by atoms with Gasteiger partial charge in [-0.1, -0.05) is 24.3 Å². The number of hydrogen-bond donors (Lipinski definition) is 1. The lowest BCUT2D eigenvalue weighted by atomic mass is 10.1. The molecule has 1 aromatic heterocycles. The molecule has 0 aliphatic heterocycles. The van der Waals surface area contributed by atoms with Gasteiger partial charge in [-0.05, 0) is 12.6 Å². The SMILES string of the molecule is CNCc1ccccc1-c1cnco1.Cl. The smallest absolute Gasteiger partial charge is 0.181 e. The quantitative estimate of drug-likeness (QED) is 0.871. The molecule has 0 amide bonds. The highest BCUT2D eigenvalue weighted by atomic mass is 35.5. The van der Waals surface area contributed by atoms with Crippen molar-refractivity contribution in [2.75, 3.05) is 7.05 Å². The zero-order chi connectivity index (χ0) is 9.80. The molecule has 0 fully saturated rings. The summed E-state index contributed by atoms with van der Waals surface area (Å²) in [7, 11) is 1.93. The van der Waals surface area contributed by atoms with Crippen molar-refractivity contribution >= 4 is 12.4 Å². The number of aromatic nitrogens is 1. The first kappa shape index (κ1) is 11.8. The second-order valence-corrected chi connectivity index (χ2v) is 3.05. The van der Waals surface area contributed by atoms with Crippen LogP contribution in [-0.2, 0) is 6.54 Å². The van der Waals surface area contributed by atoms with Crippen LogP contribution in [0.2, 0.25) is 0 Å². The summed E-state index contributed by atoms with van der Waals surface area (Å²) in [5, 5.41) is 3.12. The summed E-state index contributed by atoms with van der Waals surface area (Å²) in [5.41, 5.74) is 2.31. The maximum Gasteiger partial charge on any atom is 0.181 e. The van der Waals surface area contributed by atoms with Gasteiger partial charge >= 0.3 is 0 Å². The Labute approximate surface area is 94.9 Å². The number of benzene rings is 1. The molecule has 0 saturated carbocycles. The van der Waals surface area contributed by atoms with Gasteiger partial charge in [-0.3, -0.25) is 0 Å². The summed E-state index contributed by atoms with van der Waals surface area (Å²) in [4.78, 5) is 3.91. The third kappa shape index (κ3) is 2.58. The van der Waals surface area contributed by atoms with E-state index in [0.717, 1.165) is 17.9 Å². The van der Waals surface area contributed by atoms with E-state index in [9.17, 15) is 0 Å². The molecular weight excluding hydrogens is 212 g/mol. The minimum Gasteiger partial charge on any atom is -0.444 e. The average Bonchev–Trinajstić information content (AvgIpc) is 2.72. The molecule has 0 radical (unpaired) electrons. The van der Waals surface area contributed by atoms with Crippen LogP contribution >= 0.6 is 12.4 Å². The molecule has 1 aromatic carbocycles. The average molecular weight is 225 g/mol. The number of hydrogen-bond acceptors (Lipinski definition) is 3. The minimum absolute atomic E-state index is 0. The largest absolute Gasteiger partial charge is 0.444 e. The van der Waals surface area contributed by atoms with Crippen molar-refractivity contribution in [1.82, 2.24) is 10.3 Å². The van der Waals surface area contributed by atoms with Gasteiger partial charge in [0.1, 0.15) is 0 Å². The molecule has 0 atom stereocenters. The van der Waals surface area contributed by atoms with Gasteiger partial charge < -0.3 is 9.73 Å². The first-order valence-electron chi connectivity index (χ1n) is 4.53. The lowest BCUT2D eigenvalue weighted by Crippen LogP contribution is -2.05. The molecule has 0 aliphatic carbocycles. The molecule has 80 valence electrons. The molecule has 1 N–H and O–H groups in total. The van der Waals surface area contributed by atoms with Crippen molar-refractivity contribution in [3.63, 3.8) is 0 Å². The first-order valence-corrected chi connectivity index (χ1v) is 4.53. The summed E-state index contributed by atoms with van der Waals surface area (Å²) in [5.74, 6) is 0.816. The molecule has 15 heavy (non-hydrogen) atoms. The third-order valence-electron chi connectivity index (χ3n) is 2.08. The van der Waals surface area contributed by atoms with Crippen LogP contribution in [0.4, 0.5) is 0 Å². The second kappa shape index (κ2) is 5.53. The van der Waals surface area contributed by atoms with Crippen LogP contribution in [0.1, 0.15) is 5.56 Å². The van der Waals surface area contributed by atoms with Gasteiger partial charge in [0.25, 0.3) is 0 Å². The molecule has 0 unspecified atom stereocenters. The summed E-state index contributed by atoms with van der Waals surface area (Å²) >= 11 is 0. The molecule has 0 bridgehead atoms. The zero-order valence-corrected chi connectivity index (χ0v) is 9.25. The molecule has 4 heteroatoms. The van der Waals surface area contributed by atoms with E-state index in [2.05, 4.69) is 16.4 Å². The Hall–Kier alpha value is -1.32. The number of nitrogens with one attached hydrogen (secondary N) is 1. The maximum atomic E-state index is 5.27. The fourth-order valence-corrected chi connectivity index (χ4v) is 1.45. The predicted molar refractivity (Wildman–Crippen MR) is 62.0 cm³/mol. The normalized spacial score (nSPS) is 9.67. The topological polar surface area (TPSA) is 38.1 Å². The second-order valence-electron chi connectivity index (χ2n) is 3.05. The Morgan fingerprint density at radius 3 is 2.80 bits per heavy atom. The molecule has 0 aliphatic rings. The fourth-order valence-electron chi connectivity index (χ4n) is 1.45. The van der Waals surface area contributed by atoms with E-state index in [1.807, 2.05) is 25.2 Å². The molecule has 0 saturated heterocycles. The van der Waals surface area contributed by atoms with Crippen LogP contribution in [0.25, 0.3) is 11.3 Å². The number of halogens is 1. The summed E-state index contributed by atoms with van der Waals surface area (Å²) < 4.78 is 5.27. The van der Waals surface area contributed by atoms with Gasteiger partial charge in [0.15, 0.2) is 12.2 Å². The molecular formula is C11H13ClN2O. The maximum absolute atomic E-state index is 5.27. The van der Waals surface area contributed by atoms with Gasteiger partial charge in [0.2, 0.25) is 0 Å². The van der Waals surface area contributed by atoms with Crippen LogP contribution < -0.4 is 5.32 Å². The van der Waals surface area contributed by atoms with Crippen LogP contribution in [-0.4, -0.2) is 12.0 Å².